The number of carbonyl (C=O) groups excluding carboxylic acids is 1. The Kier molecular flexibility index (Phi) is 5.49. The van der Waals surface area contributed by atoms with Crippen LogP contribution in [0.2, 0.25) is 0 Å². The molecule has 2 aromatic rings. The van der Waals surface area contributed by atoms with Crippen LogP contribution in [0.3, 0.4) is 0 Å². The molecule has 1 aromatic carbocycles. The highest BCUT2D eigenvalue weighted by Gasteiger charge is 2.23. The van der Waals surface area contributed by atoms with Crippen molar-refractivity contribution in [2.75, 3.05) is 32.7 Å². The summed E-state index contributed by atoms with van der Waals surface area (Å²) in [6.45, 7) is 6.23. The number of amides is 1. The number of furan rings is 1. The molecule has 1 aromatic heterocycles. The fraction of sp³-hybridized carbons (Fsp3) is 0.350. The van der Waals surface area contributed by atoms with Crippen LogP contribution in [0.25, 0.3) is 6.08 Å². The molecule has 0 atom stereocenters. The lowest BCUT2D eigenvalue weighted by Crippen LogP contribution is -2.48. The van der Waals surface area contributed by atoms with E-state index in [-0.39, 0.29) is 5.91 Å². The van der Waals surface area contributed by atoms with Gasteiger partial charge in [0.05, 0.1) is 0 Å². The first kappa shape index (κ1) is 16.5. The molecular weight excluding hydrogens is 300 g/mol. The zero-order valence-electron chi connectivity index (χ0n) is 14.1. The van der Waals surface area contributed by atoms with Gasteiger partial charge in [-0.3, -0.25) is 9.69 Å². The van der Waals surface area contributed by atoms with Gasteiger partial charge in [-0.25, -0.2) is 0 Å². The Labute approximate surface area is 143 Å². The van der Waals surface area contributed by atoms with E-state index in [4.69, 9.17) is 4.42 Å². The fourth-order valence-electron chi connectivity index (χ4n) is 2.87. The first-order chi connectivity index (χ1) is 11.8. The summed E-state index contributed by atoms with van der Waals surface area (Å²) in [5, 5.41) is 0. The van der Waals surface area contributed by atoms with E-state index >= 15 is 0 Å². The van der Waals surface area contributed by atoms with Gasteiger partial charge in [0.15, 0.2) is 5.76 Å². The van der Waals surface area contributed by atoms with Crippen molar-refractivity contribution in [2.24, 2.45) is 0 Å². The maximum Gasteiger partial charge on any atom is 0.289 e. The van der Waals surface area contributed by atoms with Crippen molar-refractivity contribution in [3.63, 3.8) is 0 Å². The molecule has 1 amide bonds. The van der Waals surface area contributed by atoms with Crippen molar-refractivity contribution in [1.82, 2.24) is 9.80 Å². The van der Waals surface area contributed by atoms with Crippen molar-refractivity contribution >= 4 is 12.0 Å². The van der Waals surface area contributed by atoms with Gasteiger partial charge < -0.3 is 9.32 Å². The molecule has 0 unspecified atom stereocenters. The highest BCUT2D eigenvalue weighted by atomic mass is 16.4. The average molecular weight is 324 g/mol. The first-order valence-electron chi connectivity index (χ1n) is 8.58. The highest BCUT2D eigenvalue weighted by Crippen LogP contribution is 2.13. The minimum absolute atomic E-state index is 0.00850. The summed E-state index contributed by atoms with van der Waals surface area (Å²) in [6, 6.07) is 14.0. The third-order valence-corrected chi connectivity index (χ3v) is 4.35. The smallest absolute Gasteiger partial charge is 0.289 e. The second-order valence-corrected chi connectivity index (χ2v) is 6.03. The van der Waals surface area contributed by atoms with Gasteiger partial charge in [0.2, 0.25) is 0 Å². The molecule has 0 N–H and O–H groups in total. The third kappa shape index (κ3) is 4.15. The molecule has 126 valence electrons. The molecule has 0 aliphatic carbocycles. The monoisotopic (exact) mass is 324 g/mol. The molecule has 0 radical (unpaired) electrons. The van der Waals surface area contributed by atoms with Crippen LogP contribution >= 0.6 is 0 Å². The van der Waals surface area contributed by atoms with Gasteiger partial charge >= 0.3 is 0 Å². The second kappa shape index (κ2) is 7.97. The van der Waals surface area contributed by atoms with E-state index in [1.807, 2.05) is 36.1 Å². The molecule has 0 saturated carbocycles. The molecule has 1 aliphatic rings. The van der Waals surface area contributed by atoms with Crippen LogP contribution in [-0.4, -0.2) is 48.4 Å². The highest BCUT2D eigenvalue weighted by molar-refractivity contribution is 5.91. The molecule has 4 heteroatoms. The zero-order chi connectivity index (χ0) is 16.8. The van der Waals surface area contributed by atoms with Gasteiger partial charge in [-0.2, -0.15) is 0 Å². The zero-order valence-corrected chi connectivity index (χ0v) is 14.1. The summed E-state index contributed by atoms with van der Waals surface area (Å²) >= 11 is 0. The lowest BCUT2D eigenvalue weighted by molar-refractivity contribution is 0.0617. The van der Waals surface area contributed by atoms with E-state index in [9.17, 15) is 4.79 Å². The molecule has 1 fully saturated rings. The summed E-state index contributed by atoms with van der Waals surface area (Å²) in [4.78, 5) is 16.7. The Morgan fingerprint density at radius 1 is 1.08 bits per heavy atom. The first-order valence-corrected chi connectivity index (χ1v) is 8.58. The maximum atomic E-state index is 12.4. The number of hydrogen-bond acceptors (Lipinski definition) is 3. The number of nitrogens with zero attached hydrogens (tertiary/aromatic N) is 2. The summed E-state index contributed by atoms with van der Waals surface area (Å²) in [6.07, 6.45) is 5.15. The topological polar surface area (TPSA) is 36.7 Å². The Hall–Kier alpha value is -2.33. The Morgan fingerprint density at radius 2 is 1.83 bits per heavy atom. The minimum Gasteiger partial charge on any atom is -0.456 e. The quantitative estimate of drug-likeness (QED) is 0.846. The predicted molar refractivity (Wildman–Crippen MR) is 95.9 cm³/mol. The molecule has 2 heterocycles. The van der Waals surface area contributed by atoms with Crippen LogP contribution in [0.15, 0.2) is 53.0 Å². The molecule has 3 rings (SSSR count). The van der Waals surface area contributed by atoms with Gasteiger partial charge in [0.25, 0.3) is 5.91 Å². The molecule has 4 nitrogen and oxygen atoms in total. The van der Waals surface area contributed by atoms with Crippen LogP contribution in [0.4, 0.5) is 0 Å². The molecule has 1 aliphatic heterocycles. The maximum absolute atomic E-state index is 12.4. The van der Waals surface area contributed by atoms with Crippen molar-refractivity contribution < 1.29 is 9.21 Å². The summed E-state index contributed by atoms with van der Waals surface area (Å²) in [5.41, 5.74) is 1.22. The van der Waals surface area contributed by atoms with Crippen molar-refractivity contribution in [2.45, 2.75) is 13.3 Å². The van der Waals surface area contributed by atoms with Gasteiger partial charge in [0.1, 0.15) is 5.76 Å². The van der Waals surface area contributed by atoms with Gasteiger partial charge in [-0.1, -0.05) is 49.4 Å². The third-order valence-electron chi connectivity index (χ3n) is 4.35. The van der Waals surface area contributed by atoms with Crippen molar-refractivity contribution in [1.29, 1.82) is 0 Å². The van der Waals surface area contributed by atoms with Gasteiger partial charge in [-0.05, 0) is 17.7 Å². The molecule has 0 spiro atoms. The average Bonchev–Trinajstić information content (AvgIpc) is 3.12. The number of piperazine rings is 1. The van der Waals surface area contributed by atoms with Crippen molar-refractivity contribution in [3.05, 3.63) is 65.6 Å². The molecule has 1 saturated heterocycles. The van der Waals surface area contributed by atoms with Gasteiger partial charge in [-0.15, -0.1) is 0 Å². The lowest BCUT2D eigenvalue weighted by atomic mass is 10.2. The van der Waals surface area contributed by atoms with Crippen molar-refractivity contribution in [3.8, 4) is 0 Å². The normalized spacial score (nSPS) is 16.0. The van der Waals surface area contributed by atoms with E-state index in [0.29, 0.717) is 5.76 Å². The number of aryl methyl sites for hydroxylation is 1. The Morgan fingerprint density at radius 3 is 2.50 bits per heavy atom. The number of benzene rings is 1. The largest absolute Gasteiger partial charge is 0.456 e. The summed E-state index contributed by atoms with van der Waals surface area (Å²) in [7, 11) is 0. The van der Waals surface area contributed by atoms with Gasteiger partial charge in [0, 0.05) is 39.1 Å². The predicted octanol–water partition coefficient (Wildman–Crippen LogP) is 3.31. The van der Waals surface area contributed by atoms with E-state index in [2.05, 4.69) is 29.2 Å². The van der Waals surface area contributed by atoms with Crippen LogP contribution in [-0.2, 0) is 6.42 Å². The van der Waals surface area contributed by atoms with E-state index in [1.165, 1.54) is 5.56 Å². The number of hydrogen-bond donors (Lipinski definition) is 0. The van der Waals surface area contributed by atoms with Crippen LogP contribution < -0.4 is 0 Å². The SMILES string of the molecule is CCc1ccc(C(=O)N2CCN(C/C=C/c3ccccc3)CC2)o1. The minimum atomic E-state index is 0.00850. The van der Waals surface area contributed by atoms with Crippen LogP contribution in [0.5, 0.6) is 0 Å². The fourth-order valence-corrected chi connectivity index (χ4v) is 2.87. The number of rotatable bonds is 5. The Bertz CT molecular complexity index is 683. The lowest BCUT2D eigenvalue weighted by Gasteiger charge is -2.33. The van der Waals surface area contributed by atoms with Crippen LogP contribution in [0.1, 0.15) is 28.8 Å². The van der Waals surface area contributed by atoms with E-state index < -0.39 is 0 Å². The number of carbonyl (C=O) groups is 1. The van der Waals surface area contributed by atoms with E-state index in [1.54, 1.807) is 6.07 Å². The molecule has 24 heavy (non-hydrogen) atoms. The molecule has 0 bridgehead atoms. The standard InChI is InChI=1S/C20H24N2O2/c1-2-18-10-11-19(24-18)20(23)22-15-13-21(14-16-22)12-6-9-17-7-4-3-5-8-17/h3-11H,2,12-16H2,1H3/b9-6+. The summed E-state index contributed by atoms with van der Waals surface area (Å²) < 4.78 is 5.57. The molecular formula is C20H24N2O2. The van der Waals surface area contributed by atoms with E-state index in [0.717, 1.165) is 44.9 Å². The Balaban J connectivity index is 1.47. The summed E-state index contributed by atoms with van der Waals surface area (Å²) in [5.74, 6) is 1.33. The van der Waals surface area contributed by atoms with Crippen LogP contribution in [0, 0.1) is 0 Å². The second-order valence-electron chi connectivity index (χ2n) is 6.03.